The number of aryl methyl sites for hydroxylation is 1. The Bertz CT molecular complexity index is 386. The van der Waals surface area contributed by atoms with E-state index in [-0.39, 0.29) is 12.5 Å². The normalized spacial score (nSPS) is 10.1. The van der Waals surface area contributed by atoms with Crippen LogP contribution in [0.4, 0.5) is 0 Å². The first-order valence-electron chi connectivity index (χ1n) is 4.98. The lowest BCUT2D eigenvalue weighted by atomic mass is 10.2. The van der Waals surface area contributed by atoms with Gasteiger partial charge in [0, 0.05) is 6.54 Å². The molecule has 6 heteroatoms. The lowest BCUT2D eigenvalue weighted by Crippen LogP contribution is -2.36. The molecule has 1 N–H and O–H groups in total. The summed E-state index contributed by atoms with van der Waals surface area (Å²) in [7, 11) is 0. The van der Waals surface area contributed by atoms with Gasteiger partial charge in [-0.2, -0.15) is 0 Å². The van der Waals surface area contributed by atoms with E-state index < -0.39 is 5.97 Å². The molecule has 1 heterocycles. The highest BCUT2D eigenvalue weighted by molar-refractivity contribution is 5.96. The van der Waals surface area contributed by atoms with E-state index in [2.05, 4.69) is 9.68 Å². The summed E-state index contributed by atoms with van der Waals surface area (Å²) >= 11 is 0. The van der Waals surface area contributed by atoms with Gasteiger partial charge >= 0.3 is 5.97 Å². The van der Waals surface area contributed by atoms with Crippen molar-refractivity contribution >= 4 is 11.9 Å². The molecule has 0 aliphatic carbocycles. The Morgan fingerprint density at radius 1 is 1.56 bits per heavy atom. The molecule has 88 valence electrons. The lowest BCUT2D eigenvalue weighted by Gasteiger charge is -2.18. The summed E-state index contributed by atoms with van der Waals surface area (Å²) in [5.74, 6) is -1.39. The summed E-state index contributed by atoms with van der Waals surface area (Å²) in [5, 5.41) is 12.3. The molecule has 0 spiro atoms. The van der Waals surface area contributed by atoms with Crippen molar-refractivity contribution in [2.75, 3.05) is 13.1 Å². The molecule has 0 bridgehead atoms. The van der Waals surface area contributed by atoms with Gasteiger partial charge in [0.2, 0.25) is 0 Å². The molecule has 0 unspecified atom stereocenters. The van der Waals surface area contributed by atoms with E-state index in [0.717, 1.165) is 0 Å². The zero-order valence-electron chi connectivity index (χ0n) is 9.27. The van der Waals surface area contributed by atoms with Gasteiger partial charge in [0.25, 0.3) is 5.91 Å². The van der Waals surface area contributed by atoms with E-state index in [1.54, 1.807) is 6.92 Å². The van der Waals surface area contributed by atoms with Crippen LogP contribution in [0.25, 0.3) is 0 Å². The summed E-state index contributed by atoms with van der Waals surface area (Å²) in [6, 6.07) is 0. The highest BCUT2D eigenvalue weighted by atomic mass is 16.5. The van der Waals surface area contributed by atoms with E-state index in [9.17, 15) is 9.59 Å². The van der Waals surface area contributed by atoms with Crippen LogP contribution in [0.3, 0.4) is 0 Å². The van der Waals surface area contributed by atoms with Gasteiger partial charge in [0.05, 0.1) is 5.69 Å². The number of aliphatic carboxylic acids is 1. The number of carboxylic acids is 1. The standard InChI is InChI=1S/C10H14N2O4/c1-3-4-12(5-9(13)14)10(15)8-6-16-11-7(8)2/h6H,3-5H2,1-2H3,(H,13,14). The Kier molecular flexibility index (Phi) is 4.04. The van der Waals surface area contributed by atoms with Crippen LogP contribution in [0.2, 0.25) is 0 Å². The van der Waals surface area contributed by atoms with Crippen LogP contribution in [0.5, 0.6) is 0 Å². The van der Waals surface area contributed by atoms with E-state index in [1.165, 1.54) is 11.2 Å². The van der Waals surface area contributed by atoms with Crippen LogP contribution in [-0.2, 0) is 4.79 Å². The summed E-state index contributed by atoms with van der Waals surface area (Å²) in [4.78, 5) is 23.8. The largest absolute Gasteiger partial charge is 0.480 e. The maximum absolute atomic E-state index is 11.9. The van der Waals surface area contributed by atoms with Crippen LogP contribution in [0.15, 0.2) is 10.8 Å². The van der Waals surface area contributed by atoms with Crippen molar-refractivity contribution in [2.45, 2.75) is 20.3 Å². The first-order chi connectivity index (χ1) is 7.56. The fourth-order valence-electron chi connectivity index (χ4n) is 1.35. The highest BCUT2D eigenvalue weighted by Crippen LogP contribution is 2.09. The first-order valence-corrected chi connectivity index (χ1v) is 4.98. The fraction of sp³-hybridized carbons (Fsp3) is 0.500. The average molecular weight is 226 g/mol. The van der Waals surface area contributed by atoms with Crippen LogP contribution in [0, 0.1) is 6.92 Å². The number of amides is 1. The molecule has 0 aliphatic rings. The molecular formula is C10H14N2O4. The Labute approximate surface area is 92.8 Å². The van der Waals surface area contributed by atoms with Crippen molar-refractivity contribution in [2.24, 2.45) is 0 Å². The summed E-state index contributed by atoms with van der Waals surface area (Å²) in [5.41, 5.74) is 0.784. The zero-order chi connectivity index (χ0) is 12.1. The SMILES string of the molecule is CCCN(CC(=O)O)C(=O)c1conc1C. The maximum Gasteiger partial charge on any atom is 0.323 e. The van der Waals surface area contributed by atoms with Crippen molar-refractivity contribution in [3.63, 3.8) is 0 Å². The number of carbonyl (C=O) groups is 2. The number of rotatable bonds is 5. The topological polar surface area (TPSA) is 83.6 Å². The van der Waals surface area contributed by atoms with Gasteiger partial charge < -0.3 is 14.5 Å². The molecule has 6 nitrogen and oxygen atoms in total. The van der Waals surface area contributed by atoms with Crippen molar-refractivity contribution in [3.8, 4) is 0 Å². The Balaban J connectivity index is 2.82. The van der Waals surface area contributed by atoms with Gasteiger partial charge in [-0.25, -0.2) is 0 Å². The minimum atomic E-state index is -1.03. The third-order valence-corrected chi connectivity index (χ3v) is 2.09. The molecule has 0 radical (unpaired) electrons. The van der Waals surface area contributed by atoms with Crippen LogP contribution in [0.1, 0.15) is 29.4 Å². The van der Waals surface area contributed by atoms with Gasteiger partial charge in [-0.3, -0.25) is 9.59 Å². The van der Waals surface area contributed by atoms with Crippen LogP contribution < -0.4 is 0 Å². The molecule has 0 fully saturated rings. The van der Waals surface area contributed by atoms with Gasteiger partial charge in [0.15, 0.2) is 0 Å². The molecule has 0 aromatic carbocycles. The summed E-state index contributed by atoms with van der Waals surface area (Å²) < 4.78 is 4.65. The van der Waals surface area contributed by atoms with Gasteiger partial charge in [-0.15, -0.1) is 0 Å². The van der Waals surface area contributed by atoms with Gasteiger partial charge in [-0.05, 0) is 13.3 Å². The summed E-state index contributed by atoms with van der Waals surface area (Å²) in [6.45, 7) is 3.61. The quantitative estimate of drug-likeness (QED) is 0.807. The highest BCUT2D eigenvalue weighted by Gasteiger charge is 2.21. The number of nitrogens with zero attached hydrogens (tertiary/aromatic N) is 2. The minimum absolute atomic E-state index is 0.308. The molecule has 16 heavy (non-hydrogen) atoms. The Hall–Kier alpha value is -1.85. The minimum Gasteiger partial charge on any atom is -0.480 e. The second kappa shape index (κ2) is 5.29. The molecule has 0 saturated carbocycles. The zero-order valence-corrected chi connectivity index (χ0v) is 9.27. The lowest BCUT2D eigenvalue weighted by molar-refractivity contribution is -0.137. The molecule has 0 atom stereocenters. The molecular weight excluding hydrogens is 212 g/mol. The maximum atomic E-state index is 11.9. The number of hydrogen-bond donors (Lipinski definition) is 1. The number of aromatic nitrogens is 1. The smallest absolute Gasteiger partial charge is 0.323 e. The van der Waals surface area contributed by atoms with Gasteiger partial charge in [0.1, 0.15) is 18.4 Å². The third-order valence-electron chi connectivity index (χ3n) is 2.09. The third kappa shape index (κ3) is 2.82. The number of carboxylic acid groups (broad SMARTS) is 1. The molecule has 0 saturated heterocycles. The monoisotopic (exact) mass is 226 g/mol. The molecule has 0 aliphatic heterocycles. The van der Waals surface area contributed by atoms with E-state index in [4.69, 9.17) is 5.11 Å². The number of hydrogen-bond acceptors (Lipinski definition) is 4. The number of carbonyl (C=O) groups excluding carboxylic acids is 1. The summed E-state index contributed by atoms with van der Waals surface area (Å²) in [6.07, 6.45) is 1.94. The molecule has 1 aromatic heterocycles. The second-order valence-corrected chi connectivity index (χ2v) is 3.43. The average Bonchev–Trinajstić information content (AvgIpc) is 2.62. The Morgan fingerprint density at radius 2 is 2.25 bits per heavy atom. The Morgan fingerprint density at radius 3 is 2.69 bits per heavy atom. The van der Waals surface area contributed by atoms with Crippen molar-refractivity contribution in [3.05, 3.63) is 17.5 Å². The van der Waals surface area contributed by atoms with Gasteiger partial charge in [-0.1, -0.05) is 12.1 Å². The molecule has 1 amide bonds. The molecule has 1 rings (SSSR count). The van der Waals surface area contributed by atoms with Crippen molar-refractivity contribution < 1.29 is 19.2 Å². The van der Waals surface area contributed by atoms with Crippen molar-refractivity contribution in [1.29, 1.82) is 0 Å². The predicted octanol–water partition coefficient (Wildman–Crippen LogP) is 0.920. The van der Waals surface area contributed by atoms with Crippen LogP contribution in [-0.4, -0.2) is 40.1 Å². The van der Waals surface area contributed by atoms with Crippen LogP contribution >= 0.6 is 0 Å². The second-order valence-electron chi connectivity index (χ2n) is 3.43. The predicted molar refractivity (Wildman–Crippen MR) is 55.1 cm³/mol. The first kappa shape index (κ1) is 12.2. The molecule has 1 aromatic rings. The van der Waals surface area contributed by atoms with E-state index in [0.29, 0.717) is 24.2 Å². The van der Waals surface area contributed by atoms with E-state index >= 15 is 0 Å². The van der Waals surface area contributed by atoms with Crippen molar-refractivity contribution in [1.82, 2.24) is 10.1 Å². The van der Waals surface area contributed by atoms with E-state index in [1.807, 2.05) is 6.92 Å². The fourth-order valence-corrected chi connectivity index (χ4v) is 1.35.